The molecule has 0 aromatic heterocycles. The van der Waals surface area contributed by atoms with Crippen LogP contribution in [0.25, 0.3) is 0 Å². The van der Waals surface area contributed by atoms with Crippen LogP contribution in [0.4, 0.5) is 0 Å². The molecule has 1 fully saturated rings. The first kappa shape index (κ1) is 21.8. The van der Waals surface area contributed by atoms with Gasteiger partial charge in [-0.05, 0) is 12.8 Å². The Kier molecular flexibility index (Phi) is 13.7. The van der Waals surface area contributed by atoms with Crippen LogP contribution in [0.15, 0.2) is 0 Å². The average molecular weight is 343 g/mol. The predicted molar refractivity (Wildman–Crippen MR) is 103 cm³/mol. The highest BCUT2D eigenvalue weighted by atomic mass is 16.3. The van der Waals surface area contributed by atoms with Gasteiger partial charge in [-0.2, -0.15) is 0 Å². The van der Waals surface area contributed by atoms with E-state index < -0.39 is 0 Å². The molecule has 0 aliphatic carbocycles. The zero-order valence-electron chi connectivity index (χ0n) is 16.3. The van der Waals surface area contributed by atoms with Crippen LogP contribution in [-0.2, 0) is 0 Å². The lowest BCUT2D eigenvalue weighted by atomic mass is 10.2. The lowest BCUT2D eigenvalue weighted by Crippen LogP contribution is -2.56. The van der Waals surface area contributed by atoms with Crippen molar-refractivity contribution in [3.05, 3.63) is 0 Å². The Morgan fingerprint density at radius 1 is 0.667 bits per heavy atom. The number of aliphatic hydroxyl groups is 1. The summed E-state index contributed by atoms with van der Waals surface area (Å²) in [4.78, 5) is 7.78. The second kappa shape index (κ2) is 15.1. The second-order valence-corrected chi connectivity index (χ2v) is 7.20. The van der Waals surface area contributed by atoms with Gasteiger partial charge in [-0.3, -0.25) is 14.7 Å². The van der Waals surface area contributed by atoms with Gasteiger partial charge in [0.1, 0.15) is 0 Å². The molecule has 0 aromatic rings. The SMILES string of the molecule is CCCCCCN1CN(CCCCCC)CN(CCNCCO)C1. The van der Waals surface area contributed by atoms with E-state index in [0.717, 1.165) is 33.1 Å². The van der Waals surface area contributed by atoms with Crippen LogP contribution in [-0.4, -0.2) is 79.1 Å². The molecule has 0 atom stereocenters. The van der Waals surface area contributed by atoms with Crippen LogP contribution in [0.5, 0.6) is 0 Å². The number of unbranched alkanes of at least 4 members (excludes halogenated alkanes) is 6. The highest BCUT2D eigenvalue weighted by Gasteiger charge is 2.22. The zero-order valence-corrected chi connectivity index (χ0v) is 16.3. The molecule has 1 saturated heterocycles. The van der Waals surface area contributed by atoms with E-state index in [-0.39, 0.29) is 6.61 Å². The van der Waals surface area contributed by atoms with Gasteiger partial charge in [-0.25, -0.2) is 0 Å². The molecule has 144 valence electrons. The third-order valence-electron chi connectivity index (χ3n) is 4.75. The second-order valence-electron chi connectivity index (χ2n) is 7.20. The summed E-state index contributed by atoms with van der Waals surface area (Å²) in [7, 11) is 0. The van der Waals surface area contributed by atoms with E-state index in [1.54, 1.807) is 0 Å². The first-order chi connectivity index (χ1) is 11.8. The van der Waals surface area contributed by atoms with Crippen LogP contribution in [0.3, 0.4) is 0 Å². The van der Waals surface area contributed by atoms with Crippen molar-refractivity contribution in [1.29, 1.82) is 0 Å². The molecule has 1 aliphatic heterocycles. The Morgan fingerprint density at radius 3 is 1.62 bits per heavy atom. The van der Waals surface area contributed by atoms with E-state index in [1.807, 2.05) is 0 Å². The van der Waals surface area contributed by atoms with Crippen LogP contribution < -0.4 is 5.32 Å². The van der Waals surface area contributed by atoms with Gasteiger partial charge in [0.25, 0.3) is 0 Å². The van der Waals surface area contributed by atoms with Gasteiger partial charge < -0.3 is 10.4 Å². The molecule has 24 heavy (non-hydrogen) atoms. The van der Waals surface area contributed by atoms with Crippen molar-refractivity contribution in [3.63, 3.8) is 0 Å². The minimum absolute atomic E-state index is 0.229. The van der Waals surface area contributed by atoms with E-state index in [1.165, 1.54) is 64.5 Å². The van der Waals surface area contributed by atoms with Gasteiger partial charge in [0.05, 0.1) is 26.6 Å². The monoisotopic (exact) mass is 342 g/mol. The van der Waals surface area contributed by atoms with Crippen molar-refractivity contribution in [2.24, 2.45) is 0 Å². The summed E-state index contributed by atoms with van der Waals surface area (Å²) in [6.45, 7) is 13.3. The van der Waals surface area contributed by atoms with E-state index in [9.17, 15) is 0 Å². The van der Waals surface area contributed by atoms with Gasteiger partial charge in [0, 0.05) is 32.7 Å². The van der Waals surface area contributed by atoms with E-state index >= 15 is 0 Å². The van der Waals surface area contributed by atoms with Crippen molar-refractivity contribution in [2.45, 2.75) is 65.2 Å². The summed E-state index contributed by atoms with van der Waals surface area (Å²) in [6.07, 6.45) is 10.7. The molecule has 0 amide bonds. The van der Waals surface area contributed by atoms with Crippen molar-refractivity contribution in [2.75, 3.05) is 59.3 Å². The minimum Gasteiger partial charge on any atom is -0.395 e. The third-order valence-corrected chi connectivity index (χ3v) is 4.75. The Morgan fingerprint density at radius 2 is 1.17 bits per heavy atom. The number of nitrogens with zero attached hydrogens (tertiary/aromatic N) is 3. The standard InChI is InChI=1S/C19H42N4O/c1-3-5-7-9-13-21-17-22(14-10-8-6-4-2)19-23(18-21)15-11-20-12-16-24/h20,24H,3-19H2,1-2H3. The summed E-state index contributed by atoms with van der Waals surface area (Å²) in [5.74, 6) is 0. The molecule has 1 rings (SSSR count). The van der Waals surface area contributed by atoms with Gasteiger partial charge in [-0.1, -0.05) is 52.4 Å². The lowest BCUT2D eigenvalue weighted by Gasteiger charge is -2.42. The summed E-state index contributed by atoms with van der Waals surface area (Å²) in [5, 5.41) is 12.2. The van der Waals surface area contributed by atoms with Gasteiger partial charge in [-0.15, -0.1) is 0 Å². The van der Waals surface area contributed by atoms with E-state index in [2.05, 4.69) is 33.9 Å². The van der Waals surface area contributed by atoms with Gasteiger partial charge in [0.15, 0.2) is 0 Å². The van der Waals surface area contributed by atoms with Crippen LogP contribution in [0.2, 0.25) is 0 Å². The summed E-state index contributed by atoms with van der Waals surface area (Å²) >= 11 is 0. The highest BCUT2D eigenvalue weighted by Crippen LogP contribution is 2.11. The van der Waals surface area contributed by atoms with Crippen LogP contribution in [0.1, 0.15) is 65.2 Å². The number of hydrogen-bond donors (Lipinski definition) is 2. The predicted octanol–water partition coefficient (Wildman–Crippen LogP) is 2.52. The van der Waals surface area contributed by atoms with Crippen molar-refractivity contribution in [3.8, 4) is 0 Å². The molecule has 5 nitrogen and oxygen atoms in total. The molecule has 0 unspecified atom stereocenters. The fraction of sp³-hybridized carbons (Fsp3) is 1.00. The Bertz CT molecular complexity index is 229. The molecule has 5 heteroatoms. The highest BCUT2D eigenvalue weighted by molar-refractivity contribution is 4.70. The molecule has 0 radical (unpaired) electrons. The molecular weight excluding hydrogens is 300 g/mol. The van der Waals surface area contributed by atoms with Gasteiger partial charge >= 0.3 is 0 Å². The summed E-state index contributed by atoms with van der Waals surface area (Å²) < 4.78 is 0. The number of rotatable bonds is 15. The Hall–Kier alpha value is -0.200. The maximum absolute atomic E-state index is 8.88. The number of nitrogens with one attached hydrogen (secondary N) is 1. The fourth-order valence-corrected chi connectivity index (χ4v) is 3.37. The topological polar surface area (TPSA) is 42.0 Å². The first-order valence-corrected chi connectivity index (χ1v) is 10.3. The average Bonchev–Trinajstić information content (AvgIpc) is 2.59. The third kappa shape index (κ3) is 10.6. The van der Waals surface area contributed by atoms with Crippen molar-refractivity contribution in [1.82, 2.24) is 20.0 Å². The molecule has 1 aliphatic rings. The molecular formula is C19H42N4O. The Balaban J connectivity index is 2.33. The normalized spacial score (nSPS) is 17.6. The van der Waals surface area contributed by atoms with Crippen LogP contribution in [0, 0.1) is 0 Å². The molecule has 1 heterocycles. The molecule has 0 bridgehead atoms. The van der Waals surface area contributed by atoms with E-state index in [0.29, 0.717) is 6.54 Å². The molecule has 0 spiro atoms. The summed E-state index contributed by atoms with van der Waals surface area (Å²) in [5.41, 5.74) is 0. The first-order valence-electron chi connectivity index (χ1n) is 10.3. The molecule has 2 N–H and O–H groups in total. The molecule has 0 aromatic carbocycles. The zero-order chi connectivity index (χ0) is 17.5. The summed E-state index contributed by atoms with van der Waals surface area (Å²) in [6, 6.07) is 0. The lowest BCUT2D eigenvalue weighted by molar-refractivity contribution is -0.0299. The maximum atomic E-state index is 8.88. The Labute approximate surface area is 150 Å². The van der Waals surface area contributed by atoms with Crippen molar-refractivity contribution < 1.29 is 5.11 Å². The van der Waals surface area contributed by atoms with Gasteiger partial charge in [0.2, 0.25) is 0 Å². The number of hydrogen-bond acceptors (Lipinski definition) is 5. The largest absolute Gasteiger partial charge is 0.395 e. The maximum Gasteiger partial charge on any atom is 0.0555 e. The van der Waals surface area contributed by atoms with E-state index in [4.69, 9.17) is 5.11 Å². The fourth-order valence-electron chi connectivity index (χ4n) is 3.37. The van der Waals surface area contributed by atoms with Crippen LogP contribution >= 0.6 is 0 Å². The smallest absolute Gasteiger partial charge is 0.0555 e. The molecule has 0 saturated carbocycles. The quantitative estimate of drug-likeness (QED) is 0.448. The number of aliphatic hydroxyl groups excluding tert-OH is 1. The minimum atomic E-state index is 0.229. The van der Waals surface area contributed by atoms with Crippen molar-refractivity contribution >= 4 is 0 Å².